The Kier molecular flexibility index (Phi) is 7.31. The van der Waals surface area contributed by atoms with Gasteiger partial charge in [0.25, 0.3) is 0 Å². The monoisotopic (exact) mass is 364 g/mol. The molecule has 25 heavy (non-hydrogen) atoms. The fourth-order valence-corrected chi connectivity index (χ4v) is 3.22. The van der Waals surface area contributed by atoms with Crippen molar-refractivity contribution in [2.75, 3.05) is 13.1 Å². The van der Waals surface area contributed by atoms with Gasteiger partial charge in [-0.25, -0.2) is 0 Å². The number of likely N-dealkylation sites (tertiary alicyclic amines) is 1. The van der Waals surface area contributed by atoms with E-state index < -0.39 is 17.3 Å². The summed E-state index contributed by atoms with van der Waals surface area (Å²) in [6.45, 7) is 0.0747. The topological polar surface area (TPSA) is 86.7 Å². The summed E-state index contributed by atoms with van der Waals surface area (Å²) < 4.78 is 0. The summed E-state index contributed by atoms with van der Waals surface area (Å²) in [5.41, 5.74) is 0.995. The first-order chi connectivity index (χ1) is 12.0. The van der Waals surface area contributed by atoms with E-state index in [4.69, 9.17) is 5.11 Å². The quantitative estimate of drug-likeness (QED) is 0.668. The van der Waals surface area contributed by atoms with Gasteiger partial charge in [-0.3, -0.25) is 14.4 Å². The van der Waals surface area contributed by atoms with Crippen molar-refractivity contribution in [3.05, 3.63) is 35.9 Å². The Morgan fingerprint density at radius 1 is 1.24 bits per heavy atom. The second-order valence-corrected chi connectivity index (χ2v) is 6.89. The second-order valence-electron chi connectivity index (χ2n) is 6.27. The van der Waals surface area contributed by atoms with Gasteiger partial charge in [0.2, 0.25) is 11.8 Å². The third-order valence-electron chi connectivity index (χ3n) is 4.25. The van der Waals surface area contributed by atoms with Crippen LogP contribution in [-0.2, 0) is 20.8 Å². The molecule has 0 radical (unpaired) electrons. The van der Waals surface area contributed by atoms with Gasteiger partial charge in [-0.1, -0.05) is 43.2 Å². The normalized spacial score (nSPS) is 19.6. The van der Waals surface area contributed by atoms with E-state index in [1.165, 1.54) is 4.90 Å². The Morgan fingerprint density at radius 3 is 2.64 bits per heavy atom. The van der Waals surface area contributed by atoms with Crippen LogP contribution in [0.2, 0.25) is 0 Å². The van der Waals surface area contributed by atoms with Gasteiger partial charge in [0, 0.05) is 6.54 Å². The zero-order chi connectivity index (χ0) is 18.2. The lowest BCUT2D eigenvalue weighted by Crippen LogP contribution is -2.52. The first-order valence-electron chi connectivity index (χ1n) is 8.50. The van der Waals surface area contributed by atoms with Crippen molar-refractivity contribution < 1.29 is 19.5 Å². The van der Waals surface area contributed by atoms with Crippen molar-refractivity contribution in [1.29, 1.82) is 0 Å². The number of carboxylic acids is 1. The number of nitrogens with one attached hydrogen (secondary N) is 1. The molecule has 1 aliphatic rings. The van der Waals surface area contributed by atoms with Gasteiger partial charge in [0.1, 0.15) is 12.6 Å². The molecule has 1 aliphatic heterocycles. The summed E-state index contributed by atoms with van der Waals surface area (Å²) >= 11 is 4.36. The molecule has 1 aromatic rings. The van der Waals surface area contributed by atoms with Crippen LogP contribution in [-0.4, -0.2) is 52.2 Å². The average Bonchev–Trinajstić information content (AvgIpc) is 2.58. The highest BCUT2D eigenvalue weighted by Gasteiger charge is 2.29. The summed E-state index contributed by atoms with van der Waals surface area (Å²) in [4.78, 5) is 37.3. The number of nitrogens with zero attached hydrogens (tertiary/aromatic N) is 1. The Hall–Kier alpha value is -2.02. The molecule has 7 heteroatoms. The molecular weight excluding hydrogens is 340 g/mol. The molecule has 0 saturated carbocycles. The minimum absolute atomic E-state index is 0.304. The Bertz CT molecular complexity index is 608. The molecule has 6 nitrogen and oxygen atoms in total. The van der Waals surface area contributed by atoms with Crippen molar-refractivity contribution in [3.63, 3.8) is 0 Å². The Morgan fingerprint density at radius 2 is 1.96 bits per heavy atom. The number of carboxylic acid groups (broad SMARTS) is 1. The molecule has 1 saturated heterocycles. The molecule has 1 aromatic carbocycles. The van der Waals surface area contributed by atoms with Crippen LogP contribution in [0.3, 0.4) is 0 Å². The lowest BCUT2D eigenvalue weighted by atomic mass is 10.0. The SMILES string of the molecule is O=C(O)CN1CCCCC[C@H](NC(=O)[C@H](S)Cc2ccccc2)C1=O. The lowest BCUT2D eigenvalue weighted by molar-refractivity contribution is -0.146. The minimum atomic E-state index is -1.05. The maximum atomic E-state index is 12.6. The van der Waals surface area contributed by atoms with Gasteiger partial charge in [0.05, 0.1) is 5.25 Å². The van der Waals surface area contributed by atoms with Crippen LogP contribution in [0.15, 0.2) is 30.3 Å². The van der Waals surface area contributed by atoms with E-state index in [9.17, 15) is 14.4 Å². The molecule has 0 aromatic heterocycles. The standard InChI is InChI=1S/C18H24N2O4S/c21-16(22)12-20-10-6-2-5-9-14(18(20)24)19-17(23)15(25)11-13-7-3-1-4-8-13/h1,3-4,7-8,14-15,25H,2,5-6,9-12H2,(H,19,23)(H,21,22)/t14-,15+/m0/s1. The molecule has 0 unspecified atom stereocenters. The Labute approximate surface area is 153 Å². The van der Waals surface area contributed by atoms with E-state index in [1.807, 2.05) is 30.3 Å². The summed E-state index contributed by atoms with van der Waals surface area (Å²) in [5.74, 6) is -1.67. The van der Waals surface area contributed by atoms with Crippen molar-refractivity contribution in [2.45, 2.75) is 43.4 Å². The van der Waals surface area contributed by atoms with Crippen LogP contribution in [0.1, 0.15) is 31.2 Å². The van der Waals surface area contributed by atoms with Gasteiger partial charge in [0.15, 0.2) is 0 Å². The Balaban J connectivity index is 1.98. The highest BCUT2D eigenvalue weighted by atomic mass is 32.1. The molecular formula is C18H24N2O4S. The second kappa shape index (κ2) is 9.46. The van der Waals surface area contributed by atoms with Crippen LogP contribution in [0, 0.1) is 0 Å². The molecule has 2 N–H and O–H groups in total. The number of thiol groups is 1. The van der Waals surface area contributed by atoms with E-state index >= 15 is 0 Å². The van der Waals surface area contributed by atoms with E-state index in [-0.39, 0.29) is 18.4 Å². The molecule has 136 valence electrons. The fraction of sp³-hybridized carbons (Fsp3) is 0.500. The van der Waals surface area contributed by atoms with Gasteiger partial charge < -0.3 is 15.3 Å². The number of hydrogen-bond acceptors (Lipinski definition) is 4. The number of hydrogen-bond donors (Lipinski definition) is 3. The number of aliphatic carboxylic acids is 1. The molecule has 2 rings (SSSR count). The highest BCUT2D eigenvalue weighted by molar-refractivity contribution is 7.81. The van der Waals surface area contributed by atoms with E-state index in [0.717, 1.165) is 24.8 Å². The summed E-state index contributed by atoms with van der Waals surface area (Å²) in [6, 6.07) is 8.86. The molecule has 1 heterocycles. The first kappa shape index (κ1) is 19.3. The van der Waals surface area contributed by atoms with Crippen molar-refractivity contribution in [2.24, 2.45) is 0 Å². The predicted octanol–water partition coefficient (Wildman–Crippen LogP) is 1.50. The van der Waals surface area contributed by atoms with Crippen LogP contribution < -0.4 is 5.32 Å². The number of benzene rings is 1. The van der Waals surface area contributed by atoms with Gasteiger partial charge in [-0.05, 0) is 24.8 Å². The molecule has 2 atom stereocenters. The maximum absolute atomic E-state index is 12.6. The summed E-state index contributed by atoms with van der Waals surface area (Å²) in [7, 11) is 0. The van der Waals surface area contributed by atoms with E-state index in [1.54, 1.807) is 0 Å². The average molecular weight is 364 g/mol. The fourth-order valence-electron chi connectivity index (χ4n) is 2.93. The van der Waals surface area contributed by atoms with Crippen molar-refractivity contribution in [1.82, 2.24) is 10.2 Å². The van der Waals surface area contributed by atoms with Crippen molar-refractivity contribution >= 4 is 30.4 Å². The smallest absolute Gasteiger partial charge is 0.323 e. The number of carbonyl (C=O) groups excluding carboxylic acids is 2. The van der Waals surface area contributed by atoms with E-state index in [2.05, 4.69) is 17.9 Å². The molecule has 1 fully saturated rings. The number of carbonyl (C=O) groups is 3. The highest BCUT2D eigenvalue weighted by Crippen LogP contribution is 2.14. The molecule has 0 aliphatic carbocycles. The first-order valence-corrected chi connectivity index (χ1v) is 9.02. The van der Waals surface area contributed by atoms with Crippen LogP contribution in [0.25, 0.3) is 0 Å². The van der Waals surface area contributed by atoms with E-state index in [0.29, 0.717) is 19.4 Å². The number of amides is 2. The molecule has 0 spiro atoms. The molecule has 2 amide bonds. The van der Waals surface area contributed by atoms with Gasteiger partial charge in [-0.15, -0.1) is 0 Å². The van der Waals surface area contributed by atoms with Crippen molar-refractivity contribution in [3.8, 4) is 0 Å². The third kappa shape index (κ3) is 6.08. The summed E-state index contributed by atoms with van der Waals surface area (Å²) in [5, 5.41) is 11.2. The van der Waals surface area contributed by atoms with Crippen LogP contribution in [0.4, 0.5) is 0 Å². The third-order valence-corrected chi connectivity index (χ3v) is 4.66. The van der Waals surface area contributed by atoms with Crippen LogP contribution >= 0.6 is 12.6 Å². The minimum Gasteiger partial charge on any atom is -0.480 e. The zero-order valence-electron chi connectivity index (χ0n) is 14.1. The molecule has 0 bridgehead atoms. The predicted molar refractivity (Wildman–Crippen MR) is 97.5 cm³/mol. The zero-order valence-corrected chi connectivity index (χ0v) is 15.0. The van der Waals surface area contributed by atoms with Gasteiger partial charge in [-0.2, -0.15) is 12.6 Å². The van der Waals surface area contributed by atoms with Crippen LogP contribution in [0.5, 0.6) is 0 Å². The largest absolute Gasteiger partial charge is 0.480 e. The maximum Gasteiger partial charge on any atom is 0.323 e. The lowest BCUT2D eigenvalue weighted by Gasteiger charge is -2.29. The van der Waals surface area contributed by atoms with Gasteiger partial charge >= 0.3 is 5.97 Å². The summed E-state index contributed by atoms with van der Waals surface area (Å²) in [6.07, 6.45) is 3.50. The number of rotatable bonds is 6.